The van der Waals surface area contributed by atoms with E-state index in [1.165, 1.54) is 0 Å². The molecule has 0 fully saturated rings. The first-order valence-electron chi connectivity index (χ1n) is 6.82. The Morgan fingerprint density at radius 1 is 1.27 bits per heavy atom. The number of aryl methyl sites for hydroxylation is 1. The summed E-state index contributed by atoms with van der Waals surface area (Å²) in [6.07, 6.45) is 3.24. The predicted molar refractivity (Wildman–Crippen MR) is 84.6 cm³/mol. The Labute approximate surface area is 130 Å². The molecule has 110 valence electrons. The van der Waals surface area contributed by atoms with Gasteiger partial charge in [0.15, 0.2) is 0 Å². The van der Waals surface area contributed by atoms with Crippen molar-refractivity contribution >= 4 is 23.1 Å². The highest BCUT2D eigenvalue weighted by atomic mass is 32.1. The van der Waals surface area contributed by atoms with Gasteiger partial charge in [-0.25, -0.2) is 4.98 Å². The smallest absolute Gasteiger partial charge is 0.256 e. The van der Waals surface area contributed by atoms with Crippen LogP contribution in [0, 0.1) is 0 Å². The molecule has 3 aromatic heterocycles. The number of fused-ring (bicyclic) bond motifs is 1. The fourth-order valence-corrected chi connectivity index (χ4v) is 3.29. The zero-order valence-electron chi connectivity index (χ0n) is 11.8. The summed E-state index contributed by atoms with van der Waals surface area (Å²) in [5.41, 5.74) is 2.35. The van der Waals surface area contributed by atoms with Crippen LogP contribution in [0.15, 0.2) is 42.0 Å². The van der Waals surface area contributed by atoms with Crippen LogP contribution in [-0.2, 0) is 7.05 Å². The van der Waals surface area contributed by atoms with Gasteiger partial charge in [-0.15, -0.1) is 11.3 Å². The van der Waals surface area contributed by atoms with E-state index in [1.807, 2.05) is 30.8 Å². The molecule has 2 N–H and O–H groups in total. The lowest BCUT2D eigenvalue weighted by molar-refractivity contribution is 0.0935. The second-order valence-corrected chi connectivity index (χ2v) is 5.98. The number of carbonyl (C=O) groups excluding carboxylic acids is 1. The Kier molecular flexibility index (Phi) is 2.93. The van der Waals surface area contributed by atoms with E-state index in [2.05, 4.69) is 20.7 Å². The van der Waals surface area contributed by atoms with E-state index in [0.29, 0.717) is 11.4 Å². The van der Waals surface area contributed by atoms with E-state index >= 15 is 0 Å². The SMILES string of the molecule is Cn1cc(C2NC(=O)c3cccnc3N2)c(-c2cccs2)n1. The molecule has 0 radical (unpaired) electrons. The van der Waals surface area contributed by atoms with E-state index in [-0.39, 0.29) is 12.1 Å². The third-order valence-electron chi connectivity index (χ3n) is 3.53. The van der Waals surface area contributed by atoms with Gasteiger partial charge in [0.1, 0.15) is 17.7 Å². The molecule has 0 spiro atoms. The van der Waals surface area contributed by atoms with E-state index in [1.54, 1.807) is 34.3 Å². The molecule has 1 aliphatic rings. The number of nitrogens with one attached hydrogen (secondary N) is 2. The van der Waals surface area contributed by atoms with Crippen molar-refractivity contribution < 1.29 is 4.79 Å². The van der Waals surface area contributed by atoms with E-state index in [0.717, 1.165) is 16.1 Å². The van der Waals surface area contributed by atoms with Crippen LogP contribution in [0.5, 0.6) is 0 Å². The molecule has 0 saturated carbocycles. The van der Waals surface area contributed by atoms with Crippen LogP contribution in [0.2, 0.25) is 0 Å². The number of anilines is 1. The molecule has 3 aromatic rings. The Morgan fingerprint density at radius 3 is 3.00 bits per heavy atom. The minimum Gasteiger partial charge on any atom is -0.345 e. The lowest BCUT2D eigenvalue weighted by atomic mass is 10.1. The van der Waals surface area contributed by atoms with Crippen LogP contribution < -0.4 is 10.6 Å². The van der Waals surface area contributed by atoms with Gasteiger partial charge in [0, 0.05) is 25.0 Å². The maximum Gasteiger partial charge on any atom is 0.256 e. The van der Waals surface area contributed by atoms with Gasteiger partial charge in [0.2, 0.25) is 0 Å². The van der Waals surface area contributed by atoms with Crippen molar-refractivity contribution in [1.82, 2.24) is 20.1 Å². The second kappa shape index (κ2) is 4.96. The summed E-state index contributed by atoms with van der Waals surface area (Å²) in [7, 11) is 1.87. The molecular formula is C15H13N5OS. The van der Waals surface area contributed by atoms with Crippen LogP contribution in [-0.4, -0.2) is 20.7 Å². The van der Waals surface area contributed by atoms with Crippen molar-refractivity contribution in [2.24, 2.45) is 7.05 Å². The van der Waals surface area contributed by atoms with Gasteiger partial charge in [0.05, 0.1) is 10.4 Å². The van der Waals surface area contributed by atoms with Gasteiger partial charge < -0.3 is 10.6 Å². The fourth-order valence-electron chi connectivity index (χ4n) is 2.56. The van der Waals surface area contributed by atoms with Crippen LogP contribution in [0.25, 0.3) is 10.6 Å². The van der Waals surface area contributed by atoms with Crippen LogP contribution in [0.3, 0.4) is 0 Å². The minimum atomic E-state index is -0.347. The number of hydrogen-bond donors (Lipinski definition) is 2. The summed E-state index contributed by atoms with van der Waals surface area (Å²) >= 11 is 1.62. The number of pyridine rings is 1. The van der Waals surface area contributed by atoms with Crippen LogP contribution in [0.4, 0.5) is 5.82 Å². The first-order chi connectivity index (χ1) is 10.7. The monoisotopic (exact) mass is 311 g/mol. The zero-order valence-corrected chi connectivity index (χ0v) is 12.6. The number of nitrogens with zero attached hydrogens (tertiary/aromatic N) is 3. The van der Waals surface area contributed by atoms with Gasteiger partial charge in [-0.3, -0.25) is 9.48 Å². The van der Waals surface area contributed by atoms with Crippen LogP contribution in [0.1, 0.15) is 22.1 Å². The van der Waals surface area contributed by atoms with Crippen molar-refractivity contribution in [3.63, 3.8) is 0 Å². The van der Waals surface area contributed by atoms with Gasteiger partial charge >= 0.3 is 0 Å². The Morgan fingerprint density at radius 2 is 2.18 bits per heavy atom. The number of hydrogen-bond acceptors (Lipinski definition) is 5. The lowest BCUT2D eigenvalue weighted by Gasteiger charge is -2.26. The molecule has 0 bridgehead atoms. The summed E-state index contributed by atoms with van der Waals surface area (Å²) in [5, 5.41) is 12.8. The molecule has 0 saturated heterocycles. The highest BCUT2D eigenvalue weighted by Gasteiger charge is 2.28. The molecule has 0 aromatic carbocycles. The lowest BCUT2D eigenvalue weighted by Crippen LogP contribution is -2.38. The van der Waals surface area contributed by atoms with E-state index in [9.17, 15) is 4.79 Å². The number of aromatic nitrogens is 3. The Bertz CT molecular complexity index is 840. The average Bonchev–Trinajstić information content (AvgIpc) is 3.16. The predicted octanol–water partition coefficient (Wildman–Crippen LogP) is 2.40. The first kappa shape index (κ1) is 13.0. The zero-order chi connectivity index (χ0) is 15.1. The summed E-state index contributed by atoms with van der Waals surface area (Å²) < 4.78 is 1.76. The maximum absolute atomic E-state index is 12.3. The number of thiophene rings is 1. The second-order valence-electron chi connectivity index (χ2n) is 5.03. The minimum absolute atomic E-state index is 0.132. The molecule has 1 aliphatic heterocycles. The molecule has 1 amide bonds. The molecule has 6 nitrogen and oxygen atoms in total. The summed E-state index contributed by atoms with van der Waals surface area (Å²) in [6, 6.07) is 7.52. The largest absolute Gasteiger partial charge is 0.345 e. The quantitative estimate of drug-likeness (QED) is 0.762. The topological polar surface area (TPSA) is 71.8 Å². The molecular weight excluding hydrogens is 298 g/mol. The normalized spacial score (nSPS) is 16.8. The first-order valence-corrected chi connectivity index (χ1v) is 7.70. The fraction of sp³-hybridized carbons (Fsp3) is 0.133. The van der Waals surface area contributed by atoms with Crippen molar-refractivity contribution in [2.45, 2.75) is 6.17 Å². The standard InChI is InChI=1S/C15H13N5OS/c1-20-8-10(12(19-20)11-5-3-7-22-11)14-17-13-9(15(21)18-14)4-2-6-16-13/h2-8,14H,1H3,(H,16,17)(H,18,21). The molecule has 1 unspecified atom stereocenters. The summed E-state index contributed by atoms with van der Waals surface area (Å²) in [5.74, 6) is 0.463. The van der Waals surface area contributed by atoms with Gasteiger partial charge in [-0.05, 0) is 23.6 Å². The van der Waals surface area contributed by atoms with Crippen molar-refractivity contribution in [2.75, 3.05) is 5.32 Å². The number of rotatable bonds is 2. The van der Waals surface area contributed by atoms with Gasteiger partial charge in [-0.2, -0.15) is 5.10 Å². The molecule has 1 atom stereocenters. The summed E-state index contributed by atoms with van der Waals surface area (Å²) in [6.45, 7) is 0. The average molecular weight is 311 g/mol. The van der Waals surface area contributed by atoms with Crippen molar-refractivity contribution in [1.29, 1.82) is 0 Å². The van der Waals surface area contributed by atoms with Crippen molar-refractivity contribution in [3.8, 4) is 10.6 Å². The maximum atomic E-state index is 12.3. The molecule has 7 heteroatoms. The molecule has 4 rings (SSSR count). The Hall–Kier alpha value is -2.67. The highest BCUT2D eigenvalue weighted by molar-refractivity contribution is 7.13. The van der Waals surface area contributed by atoms with Gasteiger partial charge in [-0.1, -0.05) is 6.07 Å². The molecule has 0 aliphatic carbocycles. The third kappa shape index (κ3) is 2.06. The summed E-state index contributed by atoms with van der Waals surface area (Å²) in [4.78, 5) is 17.6. The third-order valence-corrected chi connectivity index (χ3v) is 4.41. The van der Waals surface area contributed by atoms with Crippen LogP contribution >= 0.6 is 11.3 Å². The molecule has 22 heavy (non-hydrogen) atoms. The van der Waals surface area contributed by atoms with E-state index in [4.69, 9.17) is 0 Å². The molecule has 4 heterocycles. The Balaban J connectivity index is 1.77. The highest BCUT2D eigenvalue weighted by Crippen LogP contribution is 2.32. The van der Waals surface area contributed by atoms with Crippen molar-refractivity contribution in [3.05, 3.63) is 53.2 Å². The number of carbonyl (C=O) groups is 1. The number of amides is 1. The van der Waals surface area contributed by atoms with Gasteiger partial charge in [0.25, 0.3) is 5.91 Å². The van der Waals surface area contributed by atoms with E-state index < -0.39 is 0 Å².